The maximum Gasteiger partial charge on any atom is 0.243 e. The van der Waals surface area contributed by atoms with Gasteiger partial charge in [-0.25, -0.2) is 0 Å². The molecule has 0 unspecified atom stereocenters. The molecule has 0 aromatic heterocycles. The molecule has 3 aromatic rings. The van der Waals surface area contributed by atoms with Crippen molar-refractivity contribution in [3.05, 3.63) is 84.4 Å². The van der Waals surface area contributed by atoms with E-state index in [0.29, 0.717) is 24.7 Å². The molecule has 3 rings (SSSR count). The van der Waals surface area contributed by atoms with E-state index in [-0.39, 0.29) is 12.5 Å². The van der Waals surface area contributed by atoms with E-state index in [0.717, 1.165) is 17.0 Å². The van der Waals surface area contributed by atoms with E-state index < -0.39 is 0 Å². The smallest absolute Gasteiger partial charge is 0.243 e. The van der Waals surface area contributed by atoms with Crippen LogP contribution in [0, 0.1) is 0 Å². The van der Waals surface area contributed by atoms with Crippen LogP contribution in [0.15, 0.2) is 78.9 Å². The number of nitrogens with one attached hydrogen (secondary N) is 2. The van der Waals surface area contributed by atoms with Crippen LogP contribution >= 0.6 is 0 Å². The highest BCUT2D eigenvalue weighted by atomic mass is 16.5. The summed E-state index contributed by atoms with van der Waals surface area (Å²) in [5.41, 5.74) is 2.56. The number of ether oxygens (including phenoxy) is 2. The van der Waals surface area contributed by atoms with Crippen LogP contribution in [-0.2, 0) is 11.4 Å². The Balaban J connectivity index is 1.55. The number of carbonyl (C=O) groups excluding carboxylic acids is 1. The summed E-state index contributed by atoms with van der Waals surface area (Å²) in [4.78, 5) is 12.3. The molecule has 0 saturated heterocycles. The van der Waals surface area contributed by atoms with Gasteiger partial charge >= 0.3 is 0 Å². The summed E-state index contributed by atoms with van der Waals surface area (Å²) >= 11 is 0. The first-order valence-electron chi connectivity index (χ1n) is 9.27. The quantitative estimate of drug-likeness (QED) is 0.568. The first-order valence-corrected chi connectivity index (χ1v) is 9.27. The van der Waals surface area contributed by atoms with Crippen LogP contribution in [0.1, 0.15) is 12.5 Å². The largest absolute Gasteiger partial charge is 0.494 e. The Hall–Kier alpha value is -3.47. The normalized spacial score (nSPS) is 10.2. The Bertz CT molecular complexity index is 897. The summed E-state index contributed by atoms with van der Waals surface area (Å²) < 4.78 is 11.4. The average molecular weight is 376 g/mol. The third kappa shape index (κ3) is 5.77. The maximum absolute atomic E-state index is 12.3. The predicted molar refractivity (Wildman–Crippen MR) is 112 cm³/mol. The molecule has 5 nitrogen and oxygen atoms in total. The molecular formula is C23H24N2O3. The van der Waals surface area contributed by atoms with Crippen LogP contribution in [0.25, 0.3) is 0 Å². The first kappa shape index (κ1) is 19.3. The Kier molecular flexibility index (Phi) is 6.90. The molecular weight excluding hydrogens is 352 g/mol. The Labute approximate surface area is 165 Å². The first-order chi connectivity index (χ1) is 13.7. The second-order valence-electron chi connectivity index (χ2n) is 6.13. The summed E-state index contributed by atoms with van der Waals surface area (Å²) in [6, 6.07) is 24.9. The number of para-hydroxylation sites is 2. The zero-order valence-electron chi connectivity index (χ0n) is 15.9. The van der Waals surface area contributed by atoms with E-state index in [1.54, 1.807) is 6.07 Å². The highest BCUT2D eigenvalue weighted by molar-refractivity contribution is 5.94. The van der Waals surface area contributed by atoms with Crippen molar-refractivity contribution in [1.29, 1.82) is 0 Å². The van der Waals surface area contributed by atoms with Gasteiger partial charge in [-0.2, -0.15) is 0 Å². The van der Waals surface area contributed by atoms with Crippen molar-refractivity contribution in [1.82, 2.24) is 0 Å². The lowest BCUT2D eigenvalue weighted by Crippen LogP contribution is -2.22. The van der Waals surface area contributed by atoms with E-state index in [1.165, 1.54) is 0 Å². The maximum atomic E-state index is 12.3. The Morgan fingerprint density at radius 1 is 0.893 bits per heavy atom. The fourth-order valence-corrected chi connectivity index (χ4v) is 2.68. The van der Waals surface area contributed by atoms with Gasteiger partial charge in [-0.1, -0.05) is 48.5 Å². The van der Waals surface area contributed by atoms with Gasteiger partial charge in [-0.15, -0.1) is 0 Å². The number of carbonyl (C=O) groups is 1. The van der Waals surface area contributed by atoms with E-state index in [2.05, 4.69) is 10.6 Å². The minimum Gasteiger partial charge on any atom is -0.494 e. The zero-order valence-corrected chi connectivity index (χ0v) is 15.9. The van der Waals surface area contributed by atoms with E-state index in [4.69, 9.17) is 9.47 Å². The van der Waals surface area contributed by atoms with Gasteiger partial charge in [-0.3, -0.25) is 4.79 Å². The van der Waals surface area contributed by atoms with Crippen LogP contribution in [0.5, 0.6) is 11.5 Å². The monoisotopic (exact) mass is 376 g/mol. The number of anilines is 2. The standard InChI is InChI=1S/C23H24N2O3/c1-2-27-20-12-8-11-19(15-20)25-23(26)16-24-21-13-6-7-14-22(21)28-17-18-9-4-3-5-10-18/h3-15,24H,2,16-17H2,1H3,(H,25,26). The van der Waals surface area contributed by atoms with Crippen LogP contribution in [0.4, 0.5) is 11.4 Å². The molecule has 1 amide bonds. The van der Waals surface area contributed by atoms with Crippen molar-refractivity contribution in [3.63, 3.8) is 0 Å². The van der Waals surface area contributed by atoms with Crippen LogP contribution in [0.2, 0.25) is 0 Å². The third-order valence-corrected chi connectivity index (χ3v) is 3.99. The lowest BCUT2D eigenvalue weighted by molar-refractivity contribution is -0.114. The topological polar surface area (TPSA) is 59.6 Å². The molecule has 0 aliphatic carbocycles. The molecule has 144 valence electrons. The van der Waals surface area contributed by atoms with Crippen molar-refractivity contribution in [2.24, 2.45) is 0 Å². The van der Waals surface area contributed by atoms with Gasteiger partial charge in [0.15, 0.2) is 0 Å². The fourth-order valence-electron chi connectivity index (χ4n) is 2.68. The van der Waals surface area contributed by atoms with Gasteiger partial charge in [0.2, 0.25) is 5.91 Å². The van der Waals surface area contributed by atoms with Gasteiger partial charge in [-0.05, 0) is 36.8 Å². The number of benzene rings is 3. The van der Waals surface area contributed by atoms with Gasteiger partial charge in [0, 0.05) is 11.8 Å². The number of rotatable bonds is 9. The van der Waals surface area contributed by atoms with Gasteiger partial charge in [0.05, 0.1) is 18.8 Å². The van der Waals surface area contributed by atoms with E-state index in [1.807, 2.05) is 79.7 Å². The molecule has 0 heterocycles. The molecule has 0 spiro atoms. The molecule has 0 bridgehead atoms. The molecule has 0 aliphatic heterocycles. The lowest BCUT2D eigenvalue weighted by atomic mass is 10.2. The van der Waals surface area contributed by atoms with Gasteiger partial charge < -0.3 is 20.1 Å². The third-order valence-electron chi connectivity index (χ3n) is 3.99. The van der Waals surface area contributed by atoms with Crippen molar-refractivity contribution < 1.29 is 14.3 Å². The lowest BCUT2D eigenvalue weighted by Gasteiger charge is -2.13. The summed E-state index contributed by atoms with van der Waals surface area (Å²) in [6.45, 7) is 3.10. The fraction of sp³-hybridized carbons (Fsp3) is 0.174. The number of amides is 1. The average Bonchev–Trinajstić information content (AvgIpc) is 2.72. The van der Waals surface area contributed by atoms with Crippen molar-refractivity contribution in [2.45, 2.75) is 13.5 Å². The molecule has 2 N–H and O–H groups in total. The zero-order chi connectivity index (χ0) is 19.6. The molecule has 0 saturated carbocycles. The Morgan fingerprint density at radius 3 is 2.50 bits per heavy atom. The van der Waals surface area contributed by atoms with E-state index >= 15 is 0 Å². The molecule has 28 heavy (non-hydrogen) atoms. The molecule has 3 aromatic carbocycles. The van der Waals surface area contributed by atoms with Gasteiger partial charge in [0.1, 0.15) is 18.1 Å². The van der Waals surface area contributed by atoms with Crippen LogP contribution in [0.3, 0.4) is 0 Å². The van der Waals surface area contributed by atoms with Crippen LogP contribution < -0.4 is 20.1 Å². The van der Waals surface area contributed by atoms with Crippen LogP contribution in [-0.4, -0.2) is 19.1 Å². The van der Waals surface area contributed by atoms with Crippen molar-refractivity contribution in [2.75, 3.05) is 23.8 Å². The number of hydrogen-bond donors (Lipinski definition) is 2. The predicted octanol–water partition coefficient (Wildman–Crippen LogP) is 4.71. The van der Waals surface area contributed by atoms with Crippen molar-refractivity contribution >= 4 is 17.3 Å². The van der Waals surface area contributed by atoms with Crippen molar-refractivity contribution in [3.8, 4) is 11.5 Å². The van der Waals surface area contributed by atoms with E-state index in [9.17, 15) is 4.79 Å². The molecule has 0 aliphatic rings. The minimum absolute atomic E-state index is 0.130. The molecule has 0 atom stereocenters. The summed E-state index contributed by atoms with van der Waals surface area (Å²) in [5, 5.41) is 6.01. The summed E-state index contributed by atoms with van der Waals surface area (Å²) in [6.07, 6.45) is 0. The molecule has 0 radical (unpaired) electrons. The second kappa shape index (κ2) is 10.0. The SMILES string of the molecule is CCOc1cccc(NC(=O)CNc2ccccc2OCc2ccccc2)c1. The highest BCUT2D eigenvalue weighted by Gasteiger charge is 2.07. The summed E-state index contributed by atoms with van der Waals surface area (Å²) in [7, 11) is 0. The highest BCUT2D eigenvalue weighted by Crippen LogP contribution is 2.24. The summed E-state index contributed by atoms with van der Waals surface area (Å²) in [5.74, 6) is 1.29. The molecule has 5 heteroatoms. The minimum atomic E-state index is -0.147. The number of hydrogen-bond acceptors (Lipinski definition) is 4. The van der Waals surface area contributed by atoms with Gasteiger partial charge in [0.25, 0.3) is 0 Å². The second-order valence-corrected chi connectivity index (χ2v) is 6.13. The Morgan fingerprint density at radius 2 is 1.68 bits per heavy atom. The molecule has 0 fully saturated rings.